The Morgan fingerprint density at radius 2 is 1.89 bits per heavy atom. The number of phenolic OH excluding ortho intramolecular Hbond substituents is 1. The highest BCUT2D eigenvalue weighted by Crippen LogP contribution is 2.22. The van der Waals surface area contributed by atoms with E-state index in [1.807, 2.05) is 6.07 Å². The maximum atomic E-state index is 12.4. The lowest BCUT2D eigenvalue weighted by Gasteiger charge is -2.10. The van der Waals surface area contributed by atoms with E-state index in [-0.39, 0.29) is 42.6 Å². The van der Waals surface area contributed by atoms with Crippen molar-refractivity contribution >= 4 is 29.5 Å². The van der Waals surface area contributed by atoms with Crippen LogP contribution < -0.4 is 10.6 Å². The lowest BCUT2D eigenvalue weighted by atomic mass is 10.1. The number of aryl methyl sites for hydroxylation is 1. The maximum absolute atomic E-state index is 12.4. The fraction of sp³-hybridized carbons (Fsp3) is 0.217. The predicted molar refractivity (Wildman–Crippen MR) is 125 cm³/mol. The first-order valence-corrected chi connectivity index (χ1v) is 10.7. The maximum Gasteiger partial charge on any atom is 0.407 e. The number of nitrogens with zero attached hydrogens (tertiary/aromatic N) is 3. The van der Waals surface area contributed by atoms with Crippen molar-refractivity contribution in [3.8, 4) is 5.75 Å². The number of aromatic hydroxyl groups is 1. The SMILES string of the molecule is Cc1ncc([N+](=O)[O-])n1CCOC(=O)c1cc(NC(=O)CNC(=O)OCc2ccccc2)ccc1O. The van der Waals surface area contributed by atoms with Gasteiger partial charge in [0.25, 0.3) is 0 Å². The van der Waals surface area contributed by atoms with Gasteiger partial charge in [-0.25, -0.2) is 19.1 Å². The third-order valence-corrected chi connectivity index (χ3v) is 4.88. The number of rotatable bonds is 10. The highest BCUT2D eigenvalue weighted by atomic mass is 16.6. The van der Waals surface area contributed by atoms with Crippen molar-refractivity contribution in [1.82, 2.24) is 14.9 Å². The Kier molecular flexibility index (Phi) is 8.54. The molecule has 2 amide bonds. The minimum Gasteiger partial charge on any atom is -0.507 e. The lowest BCUT2D eigenvalue weighted by Crippen LogP contribution is -2.33. The monoisotopic (exact) mass is 497 g/mol. The van der Waals surface area contributed by atoms with Gasteiger partial charge in [0.15, 0.2) is 5.82 Å². The van der Waals surface area contributed by atoms with Crippen molar-refractivity contribution in [2.24, 2.45) is 0 Å². The molecule has 188 valence electrons. The van der Waals surface area contributed by atoms with Gasteiger partial charge in [-0.15, -0.1) is 0 Å². The van der Waals surface area contributed by atoms with Crippen LogP contribution in [0.15, 0.2) is 54.7 Å². The van der Waals surface area contributed by atoms with Crippen LogP contribution in [0.1, 0.15) is 21.7 Å². The summed E-state index contributed by atoms with van der Waals surface area (Å²) in [5.74, 6) is -1.74. The van der Waals surface area contributed by atoms with Gasteiger partial charge in [0.2, 0.25) is 5.91 Å². The number of aromatic nitrogens is 2. The Bertz CT molecular complexity index is 1260. The highest BCUT2D eigenvalue weighted by Gasteiger charge is 2.19. The third kappa shape index (κ3) is 7.03. The van der Waals surface area contributed by atoms with E-state index in [1.165, 1.54) is 22.8 Å². The number of anilines is 1. The van der Waals surface area contributed by atoms with Crippen LogP contribution in [0.3, 0.4) is 0 Å². The second-order valence-corrected chi connectivity index (χ2v) is 7.40. The van der Waals surface area contributed by atoms with E-state index in [4.69, 9.17) is 9.47 Å². The molecule has 0 saturated carbocycles. The van der Waals surface area contributed by atoms with Crippen LogP contribution in [0.25, 0.3) is 0 Å². The molecule has 0 aliphatic rings. The Balaban J connectivity index is 1.49. The summed E-state index contributed by atoms with van der Waals surface area (Å²) in [4.78, 5) is 50.6. The smallest absolute Gasteiger partial charge is 0.407 e. The molecule has 1 heterocycles. The standard InChI is InChI=1S/C23H23N5O8/c1-15-24-13-21(28(33)34)27(15)9-10-35-22(31)18-11-17(7-8-19(18)29)26-20(30)12-25-23(32)36-14-16-5-3-2-4-6-16/h2-8,11,13,29H,9-10,12,14H2,1H3,(H,25,32)(H,26,30). The first kappa shape index (κ1) is 25.7. The van der Waals surface area contributed by atoms with Gasteiger partial charge < -0.3 is 35.3 Å². The van der Waals surface area contributed by atoms with Gasteiger partial charge in [0, 0.05) is 12.6 Å². The number of amides is 2. The normalized spacial score (nSPS) is 10.4. The topological polar surface area (TPSA) is 175 Å². The van der Waals surface area contributed by atoms with Crippen molar-refractivity contribution in [1.29, 1.82) is 0 Å². The van der Waals surface area contributed by atoms with Crippen molar-refractivity contribution in [2.45, 2.75) is 20.1 Å². The molecule has 1 aromatic heterocycles. The summed E-state index contributed by atoms with van der Waals surface area (Å²) in [6.45, 7) is 0.993. The van der Waals surface area contributed by atoms with E-state index in [1.54, 1.807) is 31.2 Å². The molecule has 0 saturated heterocycles. The molecule has 0 unspecified atom stereocenters. The van der Waals surface area contributed by atoms with Crippen molar-refractivity contribution < 1.29 is 33.9 Å². The molecule has 0 spiro atoms. The van der Waals surface area contributed by atoms with Gasteiger partial charge in [-0.05, 0) is 28.7 Å². The second kappa shape index (κ2) is 12.0. The summed E-state index contributed by atoms with van der Waals surface area (Å²) in [5.41, 5.74) is 0.740. The summed E-state index contributed by atoms with van der Waals surface area (Å²) < 4.78 is 11.4. The van der Waals surface area contributed by atoms with Crippen LogP contribution >= 0.6 is 0 Å². The largest absolute Gasteiger partial charge is 0.507 e. The molecule has 36 heavy (non-hydrogen) atoms. The summed E-state index contributed by atoms with van der Waals surface area (Å²) in [5, 5.41) is 25.9. The van der Waals surface area contributed by atoms with Crippen LogP contribution in [0, 0.1) is 17.0 Å². The number of esters is 1. The minimum absolute atomic E-state index is 0.0167. The average molecular weight is 497 g/mol. The lowest BCUT2D eigenvalue weighted by molar-refractivity contribution is -0.392. The summed E-state index contributed by atoms with van der Waals surface area (Å²) in [6.07, 6.45) is 0.324. The molecule has 0 aliphatic carbocycles. The van der Waals surface area contributed by atoms with Gasteiger partial charge >= 0.3 is 17.9 Å². The Hall–Kier alpha value is -4.94. The van der Waals surface area contributed by atoms with E-state index in [0.717, 1.165) is 11.8 Å². The molecular weight excluding hydrogens is 474 g/mol. The number of hydrogen-bond donors (Lipinski definition) is 3. The van der Waals surface area contributed by atoms with Crippen molar-refractivity contribution in [3.63, 3.8) is 0 Å². The van der Waals surface area contributed by atoms with E-state index in [9.17, 15) is 29.6 Å². The van der Waals surface area contributed by atoms with Crippen LogP contribution in [0.5, 0.6) is 5.75 Å². The minimum atomic E-state index is -0.897. The zero-order valence-electron chi connectivity index (χ0n) is 19.2. The van der Waals surface area contributed by atoms with Gasteiger partial charge in [0.05, 0.1) is 0 Å². The first-order chi connectivity index (χ1) is 17.2. The number of nitro groups is 1. The van der Waals surface area contributed by atoms with Gasteiger partial charge in [0.1, 0.15) is 43.8 Å². The number of hydrogen-bond acceptors (Lipinski definition) is 9. The number of carbonyl (C=O) groups is 3. The number of phenols is 1. The predicted octanol–water partition coefficient (Wildman–Crippen LogP) is 2.53. The summed E-state index contributed by atoms with van der Waals surface area (Å²) in [6, 6.07) is 12.8. The summed E-state index contributed by atoms with van der Waals surface area (Å²) in [7, 11) is 0. The molecular formula is C23H23N5O8. The number of benzene rings is 2. The first-order valence-electron chi connectivity index (χ1n) is 10.7. The Morgan fingerprint density at radius 1 is 1.14 bits per heavy atom. The van der Waals surface area contributed by atoms with Crippen LogP contribution in [-0.2, 0) is 27.4 Å². The molecule has 13 heteroatoms. The summed E-state index contributed by atoms with van der Waals surface area (Å²) >= 11 is 0. The number of nitrogens with one attached hydrogen (secondary N) is 2. The number of ether oxygens (including phenoxy) is 2. The molecule has 2 aromatic carbocycles. The molecule has 0 aliphatic heterocycles. The van der Waals surface area contributed by atoms with E-state index >= 15 is 0 Å². The van der Waals surface area contributed by atoms with Crippen LogP contribution in [-0.4, -0.2) is 50.7 Å². The third-order valence-electron chi connectivity index (χ3n) is 4.88. The second-order valence-electron chi connectivity index (χ2n) is 7.40. The average Bonchev–Trinajstić information content (AvgIpc) is 3.23. The Labute approximate surface area is 204 Å². The van der Waals surface area contributed by atoms with Gasteiger partial charge in [-0.2, -0.15) is 0 Å². The molecule has 0 radical (unpaired) electrons. The van der Waals surface area contributed by atoms with Crippen molar-refractivity contribution in [2.75, 3.05) is 18.5 Å². The molecule has 0 fully saturated rings. The van der Waals surface area contributed by atoms with Gasteiger partial charge in [-0.1, -0.05) is 30.3 Å². The fourth-order valence-corrected chi connectivity index (χ4v) is 3.09. The number of imidazole rings is 1. The molecule has 0 bridgehead atoms. The molecule has 13 nitrogen and oxygen atoms in total. The number of alkyl carbamates (subject to hydrolysis) is 1. The Morgan fingerprint density at radius 3 is 2.61 bits per heavy atom. The molecule has 0 atom stereocenters. The fourth-order valence-electron chi connectivity index (χ4n) is 3.09. The van der Waals surface area contributed by atoms with E-state index in [2.05, 4.69) is 15.6 Å². The molecule has 3 aromatic rings. The zero-order valence-corrected chi connectivity index (χ0v) is 19.2. The molecule has 3 rings (SSSR count). The zero-order chi connectivity index (χ0) is 26.1. The van der Waals surface area contributed by atoms with Crippen LogP contribution in [0.4, 0.5) is 16.3 Å². The molecule has 3 N–H and O–H groups in total. The highest BCUT2D eigenvalue weighted by molar-refractivity contribution is 5.97. The van der Waals surface area contributed by atoms with Gasteiger partial charge in [-0.3, -0.25) is 4.79 Å². The number of carbonyl (C=O) groups excluding carboxylic acids is 3. The van der Waals surface area contributed by atoms with E-state index < -0.39 is 29.4 Å². The quantitative estimate of drug-likeness (QED) is 0.164. The van der Waals surface area contributed by atoms with Crippen molar-refractivity contribution in [3.05, 3.63) is 81.8 Å². The van der Waals surface area contributed by atoms with E-state index in [0.29, 0.717) is 5.82 Å². The van der Waals surface area contributed by atoms with Crippen LogP contribution in [0.2, 0.25) is 0 Å².